The number of ether oxygens (including phenoxy) is 2. The summed E-state index contributed by atoms with van der Waals surface area (Å²) < 4.78 is 10.6. The Morgan fingerprint density at radius 3 is 2.39 bits per heavy atom. The van der Waals surface area contributed by atoms with Crippen molar-refractivity contribution < 1.29 is 19.1 Å². The van der Waals surface area contributed by atoms with Gasteiger partial charge >= 0.3 is 5.97 Å². The zero-order valence-corrected chi connectivity index (χ0v) is 21.3. The van der Waals surface area contributed by atoms with Crippen molar-refractivity contribution in [2.75, 3.05) is 24.4 Å². The van der Waals surface area contributed by atoms with Crippen LogP contribution in [0.4, 0.5) is 11.4 Å². The van der Waals surface area contributed by atoms with E-state index in [2.05, 4.69) is 33.8 Å². The summed E-state index contributed by atoms with van der Waals surface area (Å²) in [6.07, 6.45) is 0.457. The molecular formula is C31H29N3O4. The number of fused-ring (bicyclic) bond motifs is 2. The van der Waals surface area contributed by atoms with Crippen LogP contribution in [0.5, 0.6) is 5.75 Å². The second kappa shape index (κ2) is 11.1. The summed E-state index contributed by atoms with van der Waals surface area (Å²) in [5.74, 6) is 0.118. The Hall–Kier alpha value is -4.78. The average Bonchev–Trinajstić information content (AvgIpc) is 3.37. The topological polar surface area (TPSA) is 92.5 Å². The SMILES string of the molecule is COc1ccc2[nH]c(C(=O)Nc3cc(NCc4ccccc4)c4ccccc4c3CCOC(C)=O)cc2c1. The number of methoxy groups -OCH3 is 1. The maximum absolute atomic E-state index is 13.4. The summed E-state index contributed by atoms with van der Waals surface area (Å²) >= 11 is 0. The van der Waals surface area contributed by atoms with Crippen LogP contribution >= 0.6 is 0 Å². The number of anilines is 2. The Morgan fingerprint density at radius 1 is 0.868 bits per heavy atom. The number of hydrogen-bond acceptors (Lipinski definition) is 5. The summed E-state index contributed by atoms with van der Waals surface area (Å²) in [5, 5.41) is 9.53. The van der Waals surface area contributed by atoms with Crippen molar-refractivity contribution in [3.63, 3.8) is 0 Å². The molecule has 0 spiro atoms. The van der Waals surface area contributed by atoms with Crippen LogP contribution in [-0.4, -0.2) is 30.6 Å². The third-order valence-corrected chi connectivity index (χ3v) is 6.46. The molecule has 0 fully saturated rings. The number of benzene rings is 4. The van der Waals surface area contributed by atoms with Crippen LogP contribution in [0.3, 0.4) is 0 Å². The minimum absolute atomic E-state index is 0.213. The van der Waals surface area contributed by atoms with Gasteiger partial charge in [0.05, 0.1) is 13.7 Å². The Balaban J connectivity index is 1.51. The number of nitrogens with one attached hydrogen (secondary N) is 3. The highest BCUT2D eigenvalue weighted by Crippen LogP contribution is 2.34. The molecule has 192 valence electrons. The van der Waals surface area contributed by atoms with Crippen molar-refractivity contribution >= 4 is 44.9 Å². The number of esters is 1. The van der Waals surface area contributed by atoms with Gasteiger partial charge < -0.3 is 25.1 Å². The molecule has 3 N–H and O–H groups in total. The lowest BCUT2D eigenvalue weighted by Crippen LogP contribution is -2.15. The summed E-state index contributed by atoms with van der Waals surface area (Å²) in [6, 6.07) is 27.6. The predicted molar refractivity (Wildman–Crippen MR) is 151 cm³/mol. The van der Waals surface area contributed by atoms with Gasteiger partial charge in [0.15, 0.2) is 0 Å². The van der Waals surface area contributed by atoms with Gasteiger partial charge in [0.2, 0.25) is 0 Å². The van der Waals surface area contributed by atoms with Gasteiger partial charge in [-0.05, 0) is 46.8 Å². The third-order valence-electron chi connectivity index (χ3n) is 6.46. The monoisotopic (exact) mass is 507 g/mol. The number of aromatic nitrogens is 1. The third kappa shape index (κ3) is 5.47. The smallest absolute Gasteiger partial charge is 0.302 e. The maximum atomic E-state index is 13.4. The van der Waals surface area contributed by atoms with Crippen LogP contribution < -0.4 is 15.4 Å². The van der Waals surface area contributed by atoms with Crippen LogP contribution in [0.15, 0.2) is 84.9 Å². The van der Waals surface area contributed by atoms with Crippen molar-refractivity contribution in [2.45, 2.75) is 19.9 Å². The zero-order chi connectivity index (χ0) is 26.5. The van der Waals surface area contributed by atoms with E-state index in [1.54, 1.807) is 13.2 Å². The van der Waals surface area contributed by atoms with Gasteiger partial charge in [-0.25, -0.2) is 0 Å². The molecule has 0 aliphatic rings. The molecule has 0 aliphatic carbocycles. The molecule has 5 aromatic rings. The summed E-state index contributed by atoms with van der Waals surface area (Å²) in [6.45, 7) is 2.24. The Morgan fingerprint density at radius 2 is 1.63 bits per heavy atom. The standard InChI is InChI=1S/C31H29N3O4/c1-20(35)38-15-14-26-24-10-6-7-11-25(24)28(32-19-21-8-4-3-5-9-21)18-29(26)34-31(36)30-17-22-16-23(37-2)12-13-27(22)33-30/h3-13,16-18,32-33H,14-15,19H2,1-2H3,(H,34,36). The summed E-state index contributed by atoms with van der Waals surface area (Å²) in [5.41, 5.74) is 4.89. The second-order valence-electron chi connectivity index (χ2n) is 9.02. The molecule has 0 radical (unpaired) electrons. The summed E-state index contributed by atoms with van der Waals surface area (Å²) in [7, 11) is 1.61. The van der Waals surface area contributed by atoms with E-state index in [4.69, 9.17) is 9.47 Å². The highest BCUT2D eigenvalue weighted by Gasteiger charge is 2.17. The number of rotatable bonds is 9. The van der Waals surface area contributed by atoms with Crippen LogP contribution in [-0.2, 0) is 22.5 Å². The maximum Gasteiger partial charge on any atom is 0.302 e. The van der Waals surface area contributed by atoms with Crippen LogP contribution in [0.1, 0.15) is 28.5 Å². The quantitative estimate of drug-likeness (QED) is 0.204. The van der Waals surface area contributed by atoms with E-state index < -0.39 is 0 Å². The molecule has 0 aliphatic heterocycles. The highest BCUT2D eigenvalue weighted by atomic mass is 16.5. The second-order valence-corrected chi connectivity index (χ2v) is 9.02. The molecular weight excluding hydrogens is 478 g/mol. The minimum Gasteiger partial charge on any atom is -0.497 e. The molecule has 38 heavy (non-hydrogen) atoms. The molecule has 7 nitrogen and oxygen atoms in total. The lowest BCUT2D eigenvalue weighted by molar-refractivity contribution is -0.140. The molecule has 0 saturated heterocycles. The fourth-order valence-corrected chi connectivity index (χ4v) is 4.60. The lowest BCUT2D eigenvalue weighted by atomic mass is 9.98. The summed E-state index contributed by atoms with van der Waals surface area (Å²) in [4.78, 5) is 28.0. The first-order chi connectivity index (χ1) is 18.5. The number of aromatic amines is 1. The van der Waals surface area contributed by atoms with Gasteiger partial charge in [0, 0.05) is 47.6 Å². The van der Waals surface area contributed by atoms with Gasteiger partial charge in [-0.2, -0.15) is 0 Å². The van der Waals surface area contributed by atoms with Gasteiger partial charge in [-0.15, -0.1) is 0 Å². The number of carbonyl (C=O) groups is 2. The van der Waals surface area contributed by atoms with E-state index in [9.17, 15) is 9.59 Å². The molecule has 0 bridgehead atoms. The highest BCUT2D eigenvalue weighted by molar-refractivity contribution is 6.09. The number of H-pyrrole nitrogens is 1. The van der Waals surface area contributed by atoms with E-state index in [-0.39, 0.29) is 18.5 Å². The Labute approximate surface area is 220 Å². The number of carbonyl (C=O) groups excluding carboxylic acids is 2. The van der Waals surface area contributed by atoms with Gasteiger partial charge in [-0.3, -0.25) is 9.59 Å². The fraction of sp³-hybridized carbons (Fsp3) is 0.161. The van der Waals surface area contributed by atoms with E-state index in [1.807, 2.05) is 60.7 Å². The first kappa shape index (κ1) is 24.9. The molecule has 4 aromatic carbocycles. The van der Waals surface area contributed by atoms with Gasteiger partial charge in [-0.1, -0.05) is 54.6 Å². The molecule has 0 atom stereocenters. The molecule has 7 heteroatoms. The van der Waals surface area contributed by atoms with Crippen LogP contribution in [0.2, 0.25) is 0 Å². The van der Waals surface area contributed by atoms with Crippen LogP contribution in [0, 0.1) is 0 Å². The molecule has 0 saturated carbocycles. The molecule has 1 aromatic heterocycles. The predicted octanol–water partition coefficient (Wildman–Crippen LogP) is 6.30. The molecule has 5 rings (SSSR count). The first-order valence-electron chi connectivity index (χ1n) is 12.5. The van der Waals surface area contributed by atoms with E-state index in [0.29, 0.717) is 24.3 Å². The van der Waals surface area contributed by atoms with Gasteiger partial charge in [0.25, 0.3) is 5.91 Å². The largest absolute Gasteiger partial charge is 0.497 e. The number of hydrogen-bond donors (Lipinski definition) is 3. The van der Waals surface area contributed by atoms with Crippen molar-refractivity contribution in [1.82, 2.24) is 4.98 Å². The van der Waals surface area contributed by atoms with Gasteiger partial charge in [0.1, 0.15) is 11.4 Å². The Kier molecular flexibility index (Phi) is 7.26. The van der Waals surface area contributed by atoms with Crippen molar-refractivity contribution in [2.24, 2.45) is 0 Å². The van der Waals surface area contributed by atoms with E-state index in [0.717, 1.165) is 44.2 Å². The Bertz CT molecular complexity index is 1610. The average molecular weight is 508 g/mol. The van der Waals surface area contributed by atoms with Crippen molar-refractivity contribution in [3.05, 3.63) is 102 Å². The van der Waals surface area contributed by atoms with Crippen molar-refractivity contribution in [1.29, 1.82) is 0 Å². The zero-order valence-electron chi connectivity index (χ0n) is 21.3. The van der Waals surface area contributed by atoms with Crippen molar-refractivity contribution in [3.8, 4) is 5.75 Å². The molecule has 1 heterocycles. The number of amides is 1. The van der Waals surface area contributed by atoms with E-state index >= 15 is 0 Å². The van der Waals surface area contributed by atoms with Crippen LogP contribution in [0.25, 0.3) is 21.7 Å². The normalized spacial score (nSPS) is 10.9. The fourth-order valence-electron chi connectivity index (χ4n) is 4.60. The molecule has 1 amide bonds. The van der Waals surface area contributed by atoms with E-state index in [1.165, 1.54) is 6.92 Å². The minimum atomic E-state index is -0.338. The first-order valence-corrected chi connectivity index (χ1v) is 12.5. The molecule has 0 unspecified atom stereocenters. The lowest BCUT2D eigenvalue weighted by Gasteiger charge is -2.18.